The highest BCUT2D eigenvalue weighted by Crippen LogP contribution is 2.33. The molecular formula is C31H41N3O5. The summed E-state index contributed by atoms with van der Waals surface area (Å²) >= 11 is 0. The van der Waals surface area contributed by atoms with Crippen molar-refractivity contribution in [2.45, 2.75) is 76.9 Å². The van der Waals surface area contributed by atoms with Crippen molar-refractivity contribution >= 4 is 23.6 Å². The maximum absolute atomic E-state index is 13.8. The first-order valence-corrected chi connectivity index (χ1v) is 13.6. The number of carbonyl (C=O) groups excluding carboxylic acids is 2. The van der Waals surface area contributed by atoms with Gasteiger partial charge in [-0.15, -0.1) is 0 Å². The van der Waals surface area contributed by atoms with E-state index in [1.807, 2.05) is 51.1 Å². The zero-order valence-corrected chi connectivity index (χ0v) is 23.4. The average Bonchev–Trinajstić information content (AvgIpc) is 3.43. The third-order valence-corrected chi connectivity index (χ3v) is 7.07. The Bertz CT molecular complexity index is 1120. The second-order valence-corrected chi connectivity index (χ2v) is 11.0. The third-order valence-electron chi connectivity index (χ3n) is 7.07. The van der Waals surface area contributed by atoms with Crippen molar-refractivity contribution in [3.05, 3.63) is 72.3 Å². The second kappa shape index (κ2) is 13.8. The highest BCUT2D eigenvalue weighted by Gasteiger charge is 2.43. The Balaban J connectivity index is 1.79. The standard InChI is InChI=1S/C31H41N3O5/c1-31(2,3)34(30(37)38)28(23-12-8-9-13-23)29(36)33-25(15-14-22-10-6-5-7-11-22)18-21-27(35)32-24-16-19-26(39-4)20-17-24/h5-7,10-11,16-21,23,25,28H,8-9,12-15H2,1-4H3,(H,32,35)(H,33,36)(H,37,38)/b21-18+/t25-,28-/m0/s1. The molecule has 0 unspecified atom stereocenters. The molecule has 3 rings (SSSR count). The molecule has 0 radical (unpaired) electrons. The number of benzene rings is 2. The summed E-state index contributed by atoms with van der Waals surface area (Å²) in [5.74, 6) is -0.00187. The fourth-order valence-corrected chi connectivity index (χ4v) is 5.15. The largest absolute Gasteiger partial charge is 0.497 e. The van der Waals surface area contributed by atoms with Gasteiger partial charge >= 0.3 is 6.09 Å². The fourth-order valence-electron chi connectivity index (χ4n) is 5.15. The van der Waals surface area contributed by atoms with Crippen LogP contribution >= 0.6 is 0 Å². The molecule has 39 heavy (non-hydrogen) atoms. The van der Waals surface area contributed by atoms with Crippen LogP contribution in [0.3, 0.4) is 0 Å². The molecule has 1 fully saturated rings. The van der Waals surface area contributed by atoms with Crippen LogP contribution in [-0.2, 0) is 16.0 Å². The highest BCUT2D eigenvalue weighted by atomic mass is 16.5. The number of methoxy groups -OCH3 is 1. The van der Waals surface area contributed by atoms with Gasteiger partial charge in [0.2, 0.25) is 11.8 Å². The van der Waals surface area contributed by atoms with Gasteiger partial charge in [0.25, 0.3) is 0 Å². The topological polar surface area (TPSA) is 108 Å². The second-order valence-electron chi connectivity index (χ2n) is 11.0. The SMILES string of the molecule is COc1ccc(NC(=O)/C=C/[C@H](CCc2ccccc2)NC(=O)[C@H](C2CCCC2)N(C(=O)O)C(C)(C)C)cc1. The van der Waals surface area contributed by atoms with Gasteiger partial charge in [-0.2, -0.15) is 0 Å². The Morgan fingerprint density at radius 1 is 1.05 bits per heavy atom. The van der Waals surface area contributed by atoms with Gasteiger partial charge in [-0.25, -0.2) is 4.79 Å². The molecule has 3 amide bonds. The van der Waals surface area contributed by atoms with Gasteiger partial charge < -0.3 is 20.5 Å². The van der Waals surface area contributed by atoms with E-state index in [2.05, 4.69) is 10.6 Å². The van der Waals surface area contributed by atoms with Crippen LogP contribution in [0.2, 0.25) is 0 Å². The first kappa shape index (κ1) is 29.7. The molecule has 2 aromatic carbocycles. The quantitative estimate of drug-likeness (QED) is 0.323. The van der Waals surface area contributed by atoms with E-state index in [4.69, 9.17) is 4.74 Å². The van der Waals surface area contributed by atoms with Crippen LogP contribution in [0.15, 0.2) is 66.7 Å². The number of aryl methyl sites for hydroxylation is 1. The molecule has 0 saturated heterocycles. The van der Waals surface area contributed by atoms with E-state index in [-0.39, 0.29) is 17.7 Å². The minimum absolute atomic E-state index is 0.0440. The lowest BCUT2D eigenvalue weighted by molar-refractivity contribution is -0.130. The smallest absolute Gasteiger partial charge is 0.408 e. The number of rotatable bonds is 11. The first-order chi connectivity index (χ1) is 18.6. The summed E-state index contributed by atoms with van der Waals surface area (Å²) in [5.41, 5.74) is 0.991. The summed E-state index contributed by atoms with van der Waals surface area (Å²) < 4.78 is 5.15. The van der Waals surface area contributed by atoms with E-state index in [9.17, 15) is 19.5 Å². The molecule has 0 bridgehead atoms. The maximum atomic E-state index is 13.8. The van der Waals surface area contributed by atoms with Crippen LogP contribution in [0.4, 0.5) is 10.5 Å². The summed E-state index contributed by atoms with van der Waals surface area (Å²) in [6.45, 7) is 5.44. The molecule has 0 aromatic heterocycles. The molecule has 1 aliphatic rings. The maximum Gasteiger partial charge on any atom is 0.408 e. The van der Waals surface area contributed by atoms with E-state index in [0.29, 0.717) is 24.3 Å². The van der Waals surface area contributed by atoms with Crippen LogP contribution in [0, 0.1) is 5.92 Å². The van der Waals surface area contributed by atoms with Crippen molar-refractivity contribution in [1.82, 2.24) is 10.2 Å². The Morgan fingerprint density at radius 3 is 2.26 bits per heavy atom. The lowest BCUT2D eigenvalue weighted by Crippen LogP contribution is -2.60. The molecule has 2 aromatic rings. The monoisotopic (exact) mass is 535 g/mol. The Kier molecular flexibility index (Phi) is 10.5. The van der Waals surface area contributed by atoms with Gasteiger partial charge in [0.05, 0.1) is 7.11 Å². The van der Waals surface area contributed by atoms with Crippen molar-refractivity contribution in [2.24, 2.45) is 5.92 Å². The molecule has 1 aliphatic carbocycles. The van der Waals surface area contributed by atoms with E-state index < -0.39 is 23.7 Å². The Labute approximate surface area is 231 Å². The molecule has 2 atom stereocenters. The minimum Gasteiger partial charge on any atom is -0.497 e. The van der Waals surface area contributed by atoms with E-state index in [1.165, 1.54) is 11.0 Å². The lowest BCUT2D eigenvalue weighted by atomic mass is 9.91. The fraction of sp³-hybridized carbons (Fsp3) is 0.452. The van der Waals surface area contributed by atoms with Crippen LogP contribution < -0.4 is 15.4 Å². The number of carboxylic acid groups (broad SMARTS) is 1. The highest BCUT2D eigenvalue weighted by molar-refractivity contribution is 5.99. The number of anilines is 1. The van der Waals surface area contributed by atoms with Crippen LogP contribution in [-0.4, -0.2) is 52.6 Å². The van der Waals surface area contributed by atoms with E-state index in [1.54, 1.807) is 37.5 Å². The molecule has 8 heteroatoms. The van der Waals surface area contributed by atoms with Crippen molar-refractivity contribution in [1.29, 1.82) is 0 Å². The summed E-state index contributed by atoms with van der Waals surface area (Å²) in [6.07, 6.45) is 6.83. The number of nitrogens with zero attached hydrogens (tertiary/aromatic N) is 1. The molecule has 0 spiro atoms. The normalized spacial score (nSPS) is 15.5. The molecule has 0 aliphatic heterocycles. The summed E-state index contributed by atoms with van der Waals surface area (Å²) in [6, 6.07) is 15.7. The van der Waals surface area contributed by atoms with E-state index >= 15 is 0 Å². The molecule has 3 N–H and O–H groups in total. The molecule has 1 saturated carbocycles. The number of ether oxygens (including phenoxy) is 1. The Hall–Kier alpha value is -3.81. The molecule has 210 valence electrons. The molecule has 8 nitrogen and oxygen atoms in total. The molecule has 0 heterocycles. The zero-order chi connectivity index (χ0) is 28.4. The summed E-state index contributed by atoms with van der Waals surface area (Å²) in [5, 5.41) is 16.0. The summed E-state index contributed by atoms with van der Waals surface area (Å²) in [7, 11) is 1.58. The predicted octanol–water partition coefficient (Wildman–Crippen LogP) is 5.64. The number of amides is 3. The van der Waals surface area contributed by atoms with Gasteiger partial charge in [0.1, 0.15) is 11.8 Å². The lowest BCUT2D eigenvalue weighted by Gasteiger charge is -2.41. The van der Waals surface area contributed by atoms with Gasteiger partial charge in [-0.05, 0) is 82.2 Å². The molecular weight excluding hydrogens is 494 g/mol. The zero-order valence-electron chi connectivity index (χ0n) is 23.4. The third kappa shape index (κ3) is 8.87. The van der Waals surface area contributed by atoms with Crippen molar-refractivity contribution in [3.63, 3.8) is 0 Å². The predicted molar refractivity (Wildman–Crippen MR) is 153 cm³/mol. The van der Waals surface area contributed by atoms with Crippen LogP contribution in [0.25, 0.3) is 0 Å². The average molecular weight is 536 g/mol. The number of hydrogen-bond acceptors (Lipinski definition) is 4. The first-order valence-electron chi connectivity index (χ1n) is 13.6. The Morgan fingerprint density at radius 2 is 1.69 bits per heavy atom. The van der Waals surface area contributed by atoms with Crippen LogP contribution in [0.5, 0.6) is 5.75 Å². The van der Waals surface area contributed by atoms with Gasteiger partial charge in [-0.1, -0.05) is 49.2 Å². The number of carbonyl (C=O) groups is 3. The van der Waals surface area contributed by atoms with E-state index in [0.717, 1.165) is 31.2 Å². The minimum atomic E-state index is -1.11. The van der Waals surface area contributed by atoms with Gasteiger partial charge in [0.15, 0.2) is 0 Å². The van der Waals surface area contributed by atoms with Crippen LogP contribution in [0.1, 0.15) is 58.4 Å². The van der Waals surface area contributed by atoms with Gasteiger partial charge in [-0.3, -0.25) is 14.5 Å². The number of hydrogen-bond donors (Lipinski definition) is 3. The summed E-state index contributed by atoms with van der Waals surface area (Å²) in [4.78, 5) is 40.1. The van der Waals surface area contributed by atoms with Crippen molar-refractivity contribution in [3.8, 4) is 5.75 Å². The number of nitrogens with one attached hydrogen (secondary N) is 2. The van der Waals surface area contributed by atoms with Crippen molar-refractivity contribution in [2.75, 3.05) is 12.4 Å². The van der Waals surface area contributed by atoms with Gasteiger partial charge in [0, 0.05) is 23.3 Å². The van der Waals surface area contributed by atoms with Crippen molar-refractivity contribution < 1.29 is 24.2 Å².